The third kappa shape index (κ3) is 5.50. The fourth-order valence-electron chi connectivity index (χ4n) is 1.90. The maximum absolute atomic E-state index is 10.4. The molecule has 0 heterocycles. The highest BCUT2D eigenvalue weighted by molar-refractivity contribution is 5.64. The fourth-order valence-corrected chi connectivity index (χ4v) is 1.90. The number of rotatable bonds is 7. The highest BCUT2D eigenvalue weighted by atomic mass is 16.4. The summed E-state index contributed by atoms with van der Waals surface area (Å²) in [5.41, 5.74) is 1.30. The van der Waals surface area contributed by atoms with Crippen LogP contribution in [0.2, 0.25) is 0 Å². The van der Waals surface area contributed by atoms with Gasteiger partial charge in [0.25, 0.3) is 0 Å². The van der Waals surface area contributed by atoms with E-state index in [4.69, 9.17) is 0 Å². The SMILES string of the molecule is CC(C)[NH+](CCCC(=O)[O-])Cc1ccccc1. The Balaban J connectivity index is 2.46. The lowest BCUT2D eigenvalue weighted by atomic mass is 10.1. The molecular formula is C14H21NO2. The Morgan fingerprint density at radius 2 is 1.94 bits per heavy atom. The zero-order valence-corrected chi connectivity index (χ0v) is 10.6. The second-order valence-corrected chi connectivity index (χ2v) is 4.70. The average molecular weight is 235 g/mol. The quantitative estimate of drug-likeness (QED) is 0.723. The Labute approximate surface area is 103 Å². The van der Waals surface area contributed by atoms with E-state index in [2.05, 4.69) is 26.0 Å². The minimum absolute atomic E-state index is 0.158. The number of quaternary nitrogens is 1. The third-order valence-electron chi connectivity index (χ3n) is 2.97. The molecule has 0 aliphatic rings. The number of aliphatic carboxylic acids is 1. The molecule has 0 aliphatic heterocycles. The lowest BCUT2D eigenvalue weighted by molar-refractivity contribution is -0.935. The van der Waals surface area contributed by atoms with Crippen LogP contribution in [0, 0.1) is 0 Å². The Kier molecular flexibility index (Phi) is 5.70. The predicted octanol–water partition coefficient (Wildman–Crippen LogP) is 0.0100. The number of carbonyl (C=O) groups is 1. The smallest absolute Gasteiger partial charge is 0.103 e. The van der Waals surface area contributed by atoms with E-state index >= 15 is 0 Å². The zero-order valence-electron chi connectivity index (χ0n) is 10.6. The van der Waals surface area contributed by atoms with Crippen molar-refractivity contribution in [1.82, 2.24) is 0 Å². The van der Waals surface area contributed by atoms with Crippen molar-refractivity contribution in [3.8, 4) is 0 Å². The van der Waals surface area contributed by atoms with E-state index in [1.807, 2.05) is 18.2 Å². The normalized spacial score (nSPS) is 12.6. The molecule has 0 fully saturated rings. The van der Waals surface area contributed by atoms with Gasteiger partial charge in [-0.2, -0.15) is 0 Å². The second kappa shape index (κ2) is 7.07. The first-order chi connectivity index (χ1) is 8.09. The van der Waals surface area contributed by atoms with Crippen LogP contribution in [0.3, 0.4) is 0 Å². The van der Waals surface area contributed by atoms with Gasteiger partial charge < -0.3 is 14.8 Å². The molecule has 0 bridgehead atoms. The molecule has 1 aromatic rings. The molecule has 94 valence electrons. The van der Waals surface area contributed by atoms with Crippen molar-refractivity contribution in [3.05, 3.63) is 35.9 Å². The van der Waals surface area contributed by atoms with Crippen LogP contribution in [-0.4, -0.2) is 18.6 Å². The second-order valence-electron chi connectivity index (χ2n) is 4.70. The topological polar surface area (TPSA) is 44.6 Å². The molecule has 3 heteroatoms. The Morgan fingerprint density at radius 1 is 1.29 bits per heavy atom. The predicted molar refractivity (Wildman–Crippen MR) is 65.4 cm³/mol. The summed E-state index contributed by atoms with van der Waals surface area (Å²) in [4.78, 5) is 11.8. The summed E-state index contributed by atoms with van der Waals surface area (Å²) in [6, 6.07) is 10.8. The van der Waals surface area contributed by atoms with E-state index in [0.29, 0.717) is 12.5 Å². The highest BCUT2D eigenvalue weighted by Gasteiger charge is 2.13. The molecule has 3 nitrogen and oxygen atoms in total. The van der Waals surface area contributed by atoms with E-state index in [-0.39, 0.29) is 6.42 Å². The van der Waals surface area contributed by atoms with Gasteiger partial charge in [-0.1, -0.05) is 30.3 Å². The van der Waals surface area contributed by atoms with E-state index in [0.717, 1.165) is 13.1 Å². The van der Waals surface area contributed by atoms with Crippen LogP contribution in [0.1, 0.15) is 32.3 Å². The van der Waals surface area contributed by atoms with Crippen molar-refractivity contribution in [1.29, 1.82) is 0 Å². The molecule has 1 unspecified atom stereocenters. The van der Waals surface area contributed by atoms with Gasteiger partial charge in [0.15, 0.2) is 0 Å². The van der Waals surface area contributed by atoms with Gasteiger partial charge in [0.05, 0.1) is 12.6 Å². The maximum atomic E-state index is 10.4. The molecule has 0 aromatic heterocycles. The molecule has 1 N–H and O–H groups in total. The number of carbonyl (C=O) groups excluding carboxylic acids is 1. The van der Waals surface area contributed by atoms with E-state index in [1.54, 1.807) is 0 Å². The summed E-state index contributed by atoms with van der Waals surface area (Å²) in [7, 11) is 0. The van der Waals surface area contributed by atoms with Crippen molar-refractivity contribution in [3.63, 3.8) is 0 Å². The van der Waals surface area contributed by atoms with Crippen molar-refractivity contribution in [2.24, 2.45) is 0 Å². The van der Waals surface area contributed by atoms with Gasteiger partial charge >= 0.3 is 0 Å². The zero-order chi connectivity index (χ0) is 12.7. The Morgan fingerprint density at radius 3 is 2.47 bits per heavy atom. The summed E-state index contributed by atoms with van der Waals surface area (Å²) >= 11 is 0. The van der Waals surface area contributed by atoms with Gasteiger partial charge in [-0.25, -0.2) is 0 Å². The Bertz CT molecular complexity index is 335. The van der Waals surface area contributed by atoms with Crippen molar-refractivity contribution >= 4 is 5.97 Å². The van der Waals surface area contributed by atoms with Crippen LogP contribution in [0.15, 0.2) is 30.3 Å². The number of carboxylic acid groups (broad SMARTS) is 1. The molecule has 0 spiro atoms. The Hall–Kier alpha value is -1.35. The summed E-state index contributed by atoms with van der Waals surface area (Å²) in [6.45, 7) is 6.15. The van der Waals surface area contributed by atoms with Crippen LogP contribution in [-0.2, 0) is 11.3 Å². The van der Waals surface area contributed by atoms with E-state index in [9.17, 15) is 9.90 Å². The van der Waals surface area contributed by atoms with Crippen LogP contribution >= 0.6 is 0 Å². The highest BCUT2D eigenvalue weighted by Crippen LogP contribution is 1.96. The molecule has 0 aliphatic carbocycles. The molecule has 17 heavy (non-hydrogen) atoms. The van der Waals surface area contributed by atoms with Gasteiger partial charge in [0.2, 0.25) is 0 Å². The van der Waals surface area contributed by atoms with Crippen LogP contribution in [0.25, 0.3) is 0 Å². The number of hydrogen-bond donors (Lipinski definition) is 1. The van der Waals surface area contributed by atoms with Gasteiger partial charge in [-0.3, -0.25) is 0 Å². The average Bonchev–Trinajstić information content (AvgIpc) is 2.28. The van der Waals surface area contributed by atoms with Crippen LogP contribution in [0.4, 0.5) is 0 Å². The maximum Gasteiger partial charge on any atom is 0.103 e. The molecule has 1 atom stereocenters. The van der Waals surface area contributed by atoms with E-state index in [1.165, 1.54) is 10.5 Å². The first-order valence-corrected chi connectivity index (χ1v) is 6.18. The van der Waals surface area contributed by atoms with E-state index < -0.39 is 5.97 Å². The van der Waals surface area contributed by atoms with Gasteiger partial charge in [-0.15, -0.1) is 0 Å². The number of hydrogen-bond acceptors (Lipinski definition) is 2. The largest absolute Gasteiger partial charge is 0.550 e. The minimum Gasteiger partial charge on any atom is -0.550 e. The fraction of sp³-hybridized carbons (Fsp3) is 0.500. The molecule has 0 saturated heterocycles. The monoisotopic (exact) mass is 235 g/mol. The lowest BCUT2D eigenvalue weighted by Crippen LogP contribution is -3.13. The molecule has 0 amide bonds. The molecule has 0 radical (unpaired) electrons. The number of benzene rings is 1. The standard InChI is InChI=1S/C14H21NO2/c1-12(2)15(10-6-9-14(16)17)11-13-7-4-3-5-8-13/h3-5,7-8,12H,6,9-11H2,1-2H3,(H,16,17). The molecule has 0 saturated carbocycles. The number of nitrogens with one attached hydrogen (secondary N) is 1. The first-order valence-electron chi connectivity index (χ1n) is 6.18. The number of carboxylic acids is 1. The van der Waals surface area contributed by atoms with Crippen molar-refractivity contribution in [2.75, 3.05) is 6.54 Å². The van der Waals surface area contributed by atoms with Crippen LogP contribution < -0.4 is 10.0 Å². The third-order valence-corrected chi connectivity index (χ3v) is 2.97. The van der Waals surface area contributed by atoms with Crippen molar-refractivity contribution < 1.29 is 14.8 Å². The summed E-state index contributed by atoms with van der Waals surface area (Å²) in [5.74, 6) is -0.951. The first kappa shape index (κ1) is 13.7. The summed E-state index contributed by atoms with van der Waals surface area (Å²) in [5, 5.41) is 10.4. The molecule has 1 rings (SSSR count). The van der Waals surface area contributed by atoms with Crippen molar-refractivity contribution in [2.45, 2.75) is 39.3 Å². The lowest BCUT2D eigenvalue weighted by Gasteiger charge is -2.23. The summed E-state index contributed by atoms with van der Waals surface area (Å²) < 4.78 is 0. The summed E-state index contributed by atoms with van der Waals surface area (Å²) in [6.07, 6.45) is 0.841. The van der Waals surface area contributed by atoms with Gasteiger partial charge in [0, 0.05) is 18.0 Å². The molecular weight excluding hydrogens is 214 g/mol. The minimum atomic E-state index is -0.951. The van der Waals surface area contributed by atoms with Crippen LogP contribution in [0.5, 0.6) is 0 Å². The van der Waals surface area contributed by atoms with Gasteiger partial charge in [0.1, 0.15) is 6.54 Å². The van der Waals surface area contributed by atoms with Gasteiger partial charge in [-0.05, 0) is 20.3 Å². The molecule has 1 aromatic carbocycles.